The van der Waals surface area contributed by atoms with Gasteiger partial charge in [-0.05, 0) is 11.6 Å². The predicted octanol–water partition coefficient (Wildman–Crippen LogP) is 2.50. The van der Waals surface area contributed by atoms with Crippen molar-refractivity contribution in [2.75, 3.05) is 25.8 Å². The van der Waals surface area contributed by atoms with Gasteiger partial charge in [0.15, 0.2) is 0 Å². The first-order valence-corrected chi connectivity index (χ1v) is 6.95. The Hall–Kier alpha value is -1.79. The summed E-state index contributed by atoms with van der Waals surface area (Å²) >= 11 is 12.1. The van der Waals surface area contributed by atoms with Crippen LogP contribution in [0.1, 0.15) is 17.3 Å². The van der Waals surface area contributed by atoms with Gasteiger partial charge in [0.25, 0.3) is 0 Å². The van der Waals surface area contributed by atoms with Crippen molar-refractivity contribution in [3.05, 3.63) is 34.6 Å². The number of aromatic nitrogens is 3. The second kappa shape index (κ2) is 6.78. The van der Waals surface area contributed by atoms with E-state index in [2.05, 4.69) is 15.0 Å². The number of nitrogen functional groups attached to an aromatic ring is 1. The molecule has 0 saturated carbocycles. The molecule has 2 rings (SSSR count). The number of nitrogens with two attached hydrogens (primary N) is 1. The maximum absolute atomic E-state index is 6.07. The molecule has 1 heterocycles. The maximum atomic E-state index is 6.07. The molecule has 0 amide bonds. The summed E-state index contributed by atoms with van der Waals surface area (Å²) in [6.45, 7) is 0. The molecule has 0 aliphatic rings. The van der Waals surface area contributed by atoms with Gasteiger partial charge >= 0.3 is 12.0 Å². The van der Waals surface area contributed by atoms with Crippen molar-refractivity contribution in [2.24, 2.45) is 0 Å². The van der Waals surface area contributed by atoms with E-state index >= 15 is 0 Å². The monoisotopic (exact) mass is 328 g/mol. The summed E-state index contributed by atoms with van der Waals surface area (Å²) in [4.78, 5) is 12.4. The Balaban J connectivity index is 2.53. The van der Waals surface area contributed by atoms with Gasteiger partial charge in [-0.1, -0.05) is 23.7 Å². The van der Waals surface area contributed by atoms with Crippen LogP contribution in [-0.4, -0.2) is 35.1 Å². The number of ether oxygens (including phenoxy) is 2. The fraction of sp³-hybridized carbons (Fsp3) is 0.308. The molecule has 2 aromatic rings. The molecule has 0 fully saturated rings. The molecule has 0 aliphatic carbocycles. The van der Waals surface area contributed by atoms with Crippen molar-refractivity contribution in [3.8, 4) is 12.0 Å². The Bertz CT molecular complexity index is 617. The van der Waals surface area contributed by atoms with E-state index in [0.29, 0.717) is 16.5 Å². The van der Waals surface area contributed by atoms with Crippen molar-refractivity contribution in [2.45, 2.75) is 5.92 Å². The van der Waals surface area contributed by atoms with Crippen LogP contribution in [0.2, 0.25) is 5.02 Å². The van der Waals surface area contributed by atoms with Gasteiger partial charge < -0.3 is 15.2 Å². The van der Waals surface area contributed by atoms with E-state index in [1.807, 2.05) is 6.07 Å². The first kappa shape index (κ1) is 15.6. The highest BCUT2D eigenvalue weighted by atomic mass is 35.5. The molecule has 8 heteroatoms. The third kappa shape index (κ3) is 3.28. The zero-order valence-corrected chi connectivity index (χ0v) is 13.0. The maximum Gasteiger partial charge on any atom is 0.322 e. The first-order chi connectivity index (χ1) is 10.1. The quantitative estimate of drug-likeness (QED) is 0.670. The molecular weight excluding hydrogens is 315 g/mol. The van der Waals surface area contributed by atoms with Crippen LogP contribution in [0.15, 0.2) is 18.2 Å². The van der Waals surface area contributed by atoms with Gasteiger partial charge in [-0.15, -0.1) is 16.6 Å². The SMILES string of the molecule is COc1nc(OC)nc(C(CCl)c2cccc(Cl)c2N)n1. The molecule has 1 unspecified atom stereocenters. The molecule has 0 saturated heterocycles. The molecule has 112 valence electrons. The normalized spacial score (nSPS) is 12.0. The number of para-hydroxylation sites is 1. The van der Waals surface area contributed by atoms with Crippen LogP contribution >= 0.6 is 23.2 Å². The van der Waals surface area contributed by atoms with Crippen molar-refractivity contribution in [1.29, 1.82) is 0 Å². The highest BCUT2D eigenvalue weighted by Crippen LogP contribution is 2.33. The van der Waals surface area contributed by atoms with E-state index in [-0.39, 0.29) is 23.8 Å². The summed E-state index contributed by atoms with van der Waals surface area (Å²) in [5.41, 5.74) is 7.20. The highest BCUT2D eigenvalue weighted by Gasteiger charge is 2.22. The summed E-state index contributed by atoms with van der Waals surface area (Å²) in [5, 5.41) is 0.454. The second-order valence-corrected chi connectivity index (χ2v) is 4.83. The number of benzene rings is 1. The zero-order chi connectivity index (χ0) is 15.4. The van der Waals surface area contributed by atoms with E-state index < -0.39 is 0 Å². The Morgan fingerprint density at radius 2 is 1.76 bits per heavy atom. The molecule has 2 N–H and O–H groups in total. The average Bonchev–Trinajstić information content (AvgIpc) is 2.51. The van der Waals surface area contributed by atoms with Gasteiger partial charge in [-0.25, -0.2) is 0 Å². The molecular formula is C13H14Cl2N4O2. The first-order valence-electron chi connectivity index (χ1n) is 6.04. The van der Waals surface area contributed by atoms with E-state index in [0.717, 1.165) is 5.56 Å². The van der Waals surface area contributed by atoms with Gasteiger partial charge in [-0.2, -0.15) is 9.97 Å². The summed E-state index contributed by atoms with van der Waals surface area (Å²) in [5.74, 6) is 0.278. The van der Waals surface area contributed by atoms with E-state index in [9.17, 15) is 0 Å². The topological polar surface area (TPSA) is 83.2 Å². The van der Waals surface area contributed by atoms with Gasteiger partial charge in [0.1, 0.15) is 5.82 Å². The van der Waals surface area contributed by atoms with E-state index in [4.69, 9.17) is 38.4 Å². The Morgan fingerprint density at radius 3 is 2.29 bits per heavy atom. The van der Waals surface area contributed by atoms with Crippen LogP contribution < -0.4 is 15.2 Å². The van der Waals surface area contributed by atoms with E-state index in [1.54, 1.807) is 12.1 Å². The van der Waals surface area contributed by atoms with Crippen molar-refractivity contribution >= 4 is 28.9 Å². The lowest BCUT2D eigenvalue weighted by molar-refractivity contribution is 0.335. The predicted molar refractivity (Wildman–Crippen MR) is 81.4 cm³/mol. The fourth-order valence-electron chi connectivity index (χ4n) is 1.84. The molecule has 1 aromatic carbocycles. The largest absolute Gasteiger partial charge is 0.467 e. The number of methoxy groups -OCH3 is 2. The zero-order valence-electron chi connectivity index (χ0n) is 11.5. The van der Waals surface area contributed by atoms with Crippen LogP contribution in [0.4, 0.5) is 5.69 Å². The summed E-state index contributed by atoms with van der Waals surface area (Å²) in [6, 6.07) is 5.63. The Kier molecular flexibility index (Phi) is 5.03. The standard InChI is InChI=1S/C13H14Cl2N4O2/c1-20-12-17-11(18-13(19-12)21-2)8(6-14)7-4-3-5-9(15)10(7)16/h3-5,8H,6,16H2,1-2H3. The lowest BCUT2D eigenvalue weighted by atomic mass is 9.98. The Labute approximate surface area is 132 Å². The van der Waals surface area contributed by atoms with E-state index in [1.165, 1.54) is 14.2 Å². The third-order valence-electron chi connectivity index (χ3n) is 2.90. The van der Waals surface area contributed by atoms with Crippen LogP contribution in [0.3, 0.4) is 0 Å². The van der Waals surface area contributed by atoms with Gasteiger partial charge in [0.2, 0.25) is 0 Å². The molecule has 0 aliphatic heterocycles. The molecule has 0 bridgehead atoms. The number of nitrogens with zero attached hydrogens (tertiary/aromatic N) is 3. The van der Waals surface area contributed by atoms with Crippen LogP contribution in [-0.2, 0) is 0 Å². The third-order valence-corrected chi connectivity index (χ3v) is 3.54. The molecule has 0 radical (unpaired) electrons. The van der Waals surface area contributed by atoms with Gasteiger partial charge in [0.05, 0.1) is 30.8 Å². The second-order valence-electron chi connectivity index (χ2n) is 4.12. The molecule has 6 nitrogen and oxygen atoms in total. The smallest absolute Gasteiger partial charge is 0.322 e. The number of hydrogen-bond acceptors (Lipinski definition) is 6. The number of anilines is 1. The average molecular weight is 329 g/mol. The highest BCUT2D eigenvalue weighted by molar-refractivity contribution is 6.33. The lowest BCUT2D eigenvalue weighted by Crippen LogP contribution is -2.13. The van der Waals surface area contributed by atoms with Crippen LogP contribution in [0, 0.1) is 0 Å². The van der Waals surface area contributed by atoms with Gasteiger partial charge in [0, 0.05) is 5.88 Å². The Morgan fingerprint density at radius 1 is 1.14 bits per heavy atom. The number of halogens is 2. The minimum Gasteiger partial charge on any atom is -0.467 e. The number of alkyl halides is 1. The fourth-order valence-corrected chi connectivity index (χ4v) is 2.33. The van der Waals surface area contributed by atoms with Crippen LogP contribution in [0.25, 0.3) is 0 Å². The molecule has 1 atom stereocenters. The summed E-state index contributed by atoms with van der Waals surface area (Å²) < 4.78 is 10.1. The molecule has 0 spiro atoms. The summed E-state index contributed by atoms with van der Waals surface area (Å²) in [6.07, 6.45) is 0. The van der Waals surface area contributed by atoms with Crippen molar-refractivity contribution < 1.29 is 9.47 Å². The number of rotatable bonds is 5. The minimum atomic E-state index is -0.351. The van der Waals surface area contributed by atoms with Crippen molar-refractivity contribution in [1.82, 2.24) is 15.0 Å². The molecule has 1 aromatic heterocycles. The molecule has 21 heavy (non-hydrogen) atoms. The van der Waals surface area contributed by atoms with Crippen LogP contribution in [0.5, 0.6) is 12.0 Å². The lowest BCUT2D eigenvalue weighted by Gasteiger charge is -2.16. The van der Waals surface area contributed by atoms with Gasteiger partial charge in [-0.3, -0.25) is 0 Å². The summed E-state index contributed by atoms with van der Waals surface area (Å²) in [7, 11) is 2.92. The number of hydrogen-bond donors (Lipinski definition) is 1. The minimum absolute atomic E-state index is 0.146. The van der Waals surface area contributed by atoms with Crippen molar-refractivity contribution in [3.63, 3.8) is 0 Å².